The highest BCUT2D eigenvalue weighted by atomic mass is 16.7. The number of hydrogen-bond donors (Lipinski definition) is 0. The second-order valence-electron chi connectivity index (χ2n) is 7.05. The van der Waals surface area contributed by atoms with E-state index >= 15 is 0 Å². The Labute approximate surface area is 147 Å². The molecule has 4 nitrogen and oxygen atoms in total. The lowest BCUT2D eigenvalue weighted by Crippen LogP contribution is -2.57. The second-order valence-corrected chi connectivity index (χ2v) is 7.05. The second kappa shape index (κ2) is 10.5. The molecule has 2 fully saturated rings. The van der Waals surface area contributed by atoms with Gasteiger partial charge in [-0.25, -0.2) is 0 Å². The fourth-order valence-electron chi connectivity index (χ4n) is 3.49. The molecule has 140 valence electrons. The Balaban J connectivity index is 1.79. The SMILES string of the molecule is CCCCCCCC=C[C@@H]1OC[C@@H](OCCCC)[C@H](OC)[C@]12CO2. The van der Waals surface area contributed by atoms with Crippen LogP contribution in [0.4, 0.5) is 0 Å². The third-order valence-corrected chi connectivity index (χ3v) is 5.09. The topological polar surface area (TPSA) is 40.2 Å². The van der Waals surface area contributed by atoms with Crippen molar-refractivity contribution in [2.24, 2.45) is 0 Å². The molecule has 0 bridgehead atoms. The van der Waals surface area contributed by atoms with Gasteiger partial charge in [0.2, 0.25) is 0 Å². The van der Waals surface area contributed by atoms with Gasteiger partial charge in [-0.3, -0.25) is 0 Å². The third-order valence-electron chi connectivity index (χ3n) is 5.09. The summed E-state index contributed by atoms with van der Waals surface area (Å²) in [7, 11) is 1.75. The summed E-state index contributed by atoms with van der Waals surface area (Å²) in [6, 6.07) is 0. The molecule has 4 heteroatoms. The predicted octanol–water partition coefficient (Wildman–Crippen LogP) is 4.27. The molecule has 4 atom stereocenters. The first kappa shape index (κ1) is 19.9. The van der Waals surface area contributed by atoms with Gasteiger partial charge >= 0.3 is 0 Å². The van der Waals surface area contributed by atoms with Gasteiger partial charge in [0.15, 0.2) is 0 Å². The molecule has 2 aliphatic heterocycles. The summed E-state index contributed by atoms with van der Waals surface area (Å²) in [6.45, 7) is 6.46. The van der Waals surface area contributed by atoms with Gasteiger partial charge in [-0.1, -0.05) is 58.1 Å². The Hall–Kier alpha value is -0.420. The van der Waals surface area contributed by atoms with E-state index in [-0.39, 0.29) is 23.9 Å². The third kappa shape index (κ3) is 5.29. The molecule has 0 N–H and O–H groups in total. The van der Waals surface area contributed by atoms with Crippen molar-refractivity contribution in [1.82, 2.24) is 0 Å². The quantitative estimate of drug-likeness (QED) is 0.302. The van der Waals surface area contributed by atoms with Gasteiger partial charge in [-0.15, -0.1) is 0 Å². The van der Waals surface area contributed by atoms with Crippen LogP contribution in [-0.2, 0) is 18.9 Å². The number of rotatable bonds is 12. The van der Waals surface area contributed by atoms with Crippen LogP contribution in [0, 0.1) is 0 Å². The summed E-state index contributed by atoms with van der Waals surface area (Å²) in [5, 5.41) is 0. The van der Waals surface area contributed by atoms with Crippen molar-refractivity contribution < 1.29 is 18.9 Å². The van der Waals surface area contributed by atoms with Crippen LogP contribution in [0.1, 0.15) is 65.2 Å². The highest BCUT2D eigenvalue weighted by Gasteiger charge is 2.63. The molecule has 0 aromatic heterocycles. The molecule has 0 amide bonds. The van der Waals surface area contributed by atoms with E-state index in [0.717, 1.165) is 25.9 Å². The fraction of sp³-hybridized carbons (Fsp3) is 0.900. The number of hydrogen-bond acceptors (Lipinski definition) is 4. The van der Waals surface area contributed by atoms with Crippen molar-refractivity contribution in [3.05, 3.63) is 12.2 Å². The van der Waals surface area contributed by atoms with Gasteiger partial charge in [0.25, 0.3) is 0 Å². The highest BCUT2D eigenvalue weighted by Crippen LogP contribution is 2.43. The van der Waals surface area contributed by atoms with Gasteiger partial charge in [0.1, 0.15) is 23.9 Å². The molecule has 0 unspecified atom stereocenters. The zero-order chi connectivity index (χ0) is 17.3. The van der Waals surface area contributed by atoms with Gasteiger partial charge < -0.3 is 18.9 Å². The minimum Gasteiger partial charge on any atom is -0.375 e. The van der Waals surface area contributed by atoms with Crippen LogP contribution in [0.25, 0.3) is 0 Å². The van der Waals surface area contributed by atoms with E-state index in [2.05, 4.69) is 26.0 Å². The predicted molar refractivity (Wildman–Crippen MR) is 96.4 cm³/mol. The molecular formula is C20H36O4. The van der Waals surface area contributed by atoms with Crippen molar-refractivity contribution in [3.63, 3.8) is 0 Å². The minimum atomic E-state index is -0.331. The van der Waals surface area contributed by atoms with Gasteiger partial charge in [0, 0.05) is 13.7 Å². The average Bonchev–Trinajstić information content (AvgIpc) is 3.37. The first-order chi connectivity index (χ1) is 11.8. The summed E-state index contributed by atoms with van der Waals surface area (Å²) in [6.07, 6.45) is 14.3. The van der Waals surface area contributed by atoms with Crippen LogP contribution in [-0.4, -0.2) is 50.8 Å². The summed E-state index contributed by atoms with van der Waals surface area (Å²) < 4.78 is 23.6. The Morgan fingerprint density at radius 3 is 2.50 bits per heavy atom. The van der Waals surface area contributed by atoms with E-state index in [0.29, 0.717) is 13.2 Å². The number of allylic oxidation sites excluding steroid dienone is 1. The summed E-state index contributed by atoms with van der Waals surface area (Å²) in [4.78, 5) is 0. The van der Waals surface area contributed by atoms with Gasteiger partial charge in [-0.2, -0.15) is 0 Å². The maximum Gasteiger partial charge on any atom is 0.150 e. The number of unbranched alkanes of at least 4 members (excludes halogenated alkanes) is 6. The summed E-state index contributed by atoms with van der Waals surface area (Å²) >= 11 is 0. The lowest BCUT2D eigenvalue weighted by molar-refractivity contribution is -0.182. The normalized spacial score (nSPS) is 32.7. The first-order valence-electron chi connectivity index (χ1n) is 9.85. The van der Waals surface area contributed by atoms with E-state index in [1.165, 1.54) is 32.1 Å². The standard InChI is InChI=1S/C20H36O4/c1-4-6-8-9-10-11-12-13-18-20(16-24-20)19(21-3)17(15-23-18)22-14-7-5-2/h12-13,17-19H,4-11,14-16H2,1-3H3/t17-,18+,19+,20+/m1/s1. The molecule has 2 rings (SSSR count). The smallest absolute Gasteiger partial charge is 0.150 e. The minimum absolute atomic E-state index is 0.0101. The number of methoxy groups -OCH3 is 1. The Kier molecular flexibility index (Phi) is 8.74. The Morgan fingerprint density at radius 1 is 1.08 bits per heavy atom. The van der Waals surface area contributed by atoms with Crippen LogP contribution in [0.3, 0.4) is 0 Å². The van der Waals surface area contributed by atoms with E-state index in [4.69, 9.17) is 18.9 Å². The molecule has 0 aliphatic carbocycles. The van der Waals surface area contributed by atoms with Crippen LogP contribution in [0.2, 0.25) is 0 Å². The summed E-state index contributed by atoms with van der Waals surface area (Å²) in [5.74, 6) is 0. The van der Waals surface area contributed by atoms with E-state index < -0.39 is 0 Å². The van der Waals surface area contributed by atoms with Crippen LogP contribution in [0.15, 0.2) is 12.2 Å². The van der Waals surface area contributed by atoms with Crippen LogP contribution >= 0.6 is 0 Å². The maximum absolute atomic E-state index is 6.06. The molecule has 24 heavy (non-hydrogen) atoms. The lowest BCUT2D eigenvalue weighted by Gasteiger charge is -2.39. The maximum atomic E-state index is 6.06. The largest absolute Gasteiger partial charge is 0.375 e. The Morgan fingerprint density at radius 2 is 1.83 bits per heavy atom. The average molecular weight is 341 g/mol. The zero-order valence-corrected chi connectivity index (χ0v) is 15.8. The van der Waals surface area contributed by atoms with Gasteiger partial charge in [0.05, 0.1) is 13.2 Å². The summed E-state index contributed by atoms with van der Waals surface area (Å²) in [5.41, 5.74) is -0.331. The van der Waals surface area contributed by atoms with Crippen molar-refractivity contribution in [2.45, 2.75) is 89.1 Å². The molecule has 0 saturated carbocycles. The van der Waals surface area contributed by atoms with Crippen LogP contribution in [0.5, 0.6) is 0 Å². The Bertz CT molecular complexity index is 365. The zero-order valence-electron chi connectivity index (χ0n) is 15.8. The van der Waals surface area contributed by atoms with E-state index in [9.17, 15) is 0 Å². The molecule has 0 aromatic rings. The van der Waals surface area contributed by atoms with Crippen molar-refractivity contribution in [2.75, 3.05) is 26.9 Å². The lowest BCUT2D eigenvalue weighted by atomic mass is 9.89. The molecule has 0 radical (unpaired) electrons. The fourth-order valence-corrected chi connectivity index (χ4v) is 3.49. The number of ether oxygens (including phenoxy) is 4. The van der Waals surface area contributed by atoms with Gasteiger partial charge in [-0.05, 0) is 19.3 Å². The molecule has 2 heterocycles. The highest BCUT2D eigenvalue weighted by molar-refractivity contribution is 5.17. The van der Waals surface area contributed by atoms with Crippen molar-refractivity contribution >= 4 is 0 Å². The molecule has 0 aromatic carbocycles. The van der Waals surface area contributed by atoms with Crippen molar-refractivity contribution in [1.29, 1.82) is 0 Å². The van der Waals surface area contributed by atoms with E-state index in [1.807, 2.05) is 0 Å². The van der Waals surface area contributed by atoms with Crippen LogP contribution < -0.4 is 0 Å². The van der Waals surface area contributed by atoms with Crippen molar-refractivity contribution in [3.8, 4) is 0 Å². The first-order valence-corrected chi connectivity index (χ1v) is 9.85. The molecule has 2 saturated heterocycles. The molecule has 1 spiro atoms. The number of epoxide rings is 1. The molecule has 2 aliphatic rings. The monoisotopic (exact) mass is 340 g/mol. The van der Waals surface area contributed by atoms with E-state index in [1.54, 1.807) is 7.11 Å². The molecular weight excluding hydrogens is 304 g/mol.